The molecule has 1 saturated heterocycles. The summed E-state index contributed by atoms with van der Waals surface area (Å²) < 4.78 is 5.58. The highest BCUT2D eigenvalue weighted by atomic mass is 79.9. The Morgan fingerprint density at radius 3 is 2.33 bits per heavy atom. The monoisotopic (exact) mass is 396 g/mol. The van der Waals surface area contributed by atoms with Gasteiger partial charge >= 0.3 is 5.97 Å². The standard InChI is InChI=1S/C17H21BrN2O4/c1-10(2)14(16(22)20-9-8-13(20)17(23)24-3)19-15(21)11-4-6-12(18)7-5-11/h4-7,10,13-14H,8-9H2,1-3H3,(H,19,21)/t13-,14-/m0/s1. The smallest absolute Gasteiger partial charge is 0.328 e. The summed E-state index contributed by atoms with van der Waals surface area (Å²) in [5.41, 5.74) is 0.477. The molecule has 2 atom stereocenters. The summed E-state index contributed by atoms with van der Waals surface area (Å²) in [6.07, 6.45) is 0.587. The topological polar surface area (TPSA) is 75.7 Å². The van der Waals surface area contributed by atoms with E-state index in [9.17, 15) is 14.4 Å². The average Bonchev–Trinajstić information content (AvgIpc) is 2.51. The summed E-state index contributed by atoms with van der Waals surface area (Å²) in [5.74, 6) is -1.09. The molecule has 1 aromatic carbocycles. The fourth-order valence-corrected chi connectivity index (χ4v) is 2.81. The number of methoxy groups -OCH3 is 1. The minimum absolute atomic E-state index is 0.101. The lowest BCUT2D eigenvalue weighted by Gasteiger charge is -2.41. The largest absolute Gasteiger partial charge is 0.467 e. The van der Waals surface area contributed by atoms with Gasteiger partial charge in [-0.25, -0.2) is 4.79 Å². The summed E-state index contributed by atoms with van der Waals surface area (Å²) in [5, 5.41) is 2.78. The number of nitrogens with zero attached hydrogens (tertiary/aromatic N) is 1. The highest BCUT2D eigenvalue weighted by Crippen LogP contribution is 2.22. The number of hydrogen-bond donors (Lipinski definition) is 1. The van der Waals surface area contributed by atoms with E-state index in [4.69, 9.17) is 4.74 Å². The van der Waals surface area contributed by atoms with Gasteiger partial charge in [0.25, 0.3) is 5.91 Å². The van der Waals surface area contributed by atoms with Gasteiger partial charge in [0.2, 0.25) is 5.91 Å². The molecule has 1 aliphatic heterocycles. The molecule has 0 radical (unpaired) electrons. The van der Waals surface area contributed by atoms with Gasteiger partial charge in [-0.05, 0) is 36.6 Å². The number of hydrogen-bond acceptors (Lipinski definition) is 4. The first kappa shape index (κ1) is 18.4. The third-order valence-electron chi connectivity index (χ3n) is 4.10. The number of carbonyl (C=O) groups excluding carboxylic acids is 3. The van der Waals surface area contributed by atoms with Crippen molar-refractivity contribution in [1.82, 2.24) is 10.2 Å². The second-order valence-electron chi connectivity index (χ2n) is 6.06. The van der Waals surface area contributed by atoms with Crippen LogP contribution in [-0.4, -0.2) is 48.4 Å². The predicted octanol–water partition coefficient (Wildman–Crippen LogP) is 1.98. The van der Waals surface area contributed by atoms with Crippen molar-refractivity contribution in [3.8, 4) is 0 Å². The highest BCUT2D eigenvalue weighted by Gasteiger charge is 2.42. The zero-order valence-corrected chi connectivity index (χ0v) is 15.5. The van der Waals surface area contributed by atoms with Crippen LogP contribution in [-0.2, 0) is 14.3 Å². The summed E-state index contributed by atoms with van der Waals surface area (Å²) in [6.45, 7) is 4.21. The maximum Gasteiger partial charge on any atom is 0.328 e. The number of esters is 1. The van der Waals surface area contributed by atoms with Crippen molar-refractivity contribution in [1.29, 1.82) is 0 Å². The fourth-order valence-electron chi connectivity index (χ4n) is 2.55. The first-order valence-corrected chi connectivity index (χ1v) is 8.59. The first-order chi connectivity index (χ1) is 11.3. The quantitative estimate of drug-likeness (QED) is 0.771. The molecule has 24 heavy (non-hydrogen) atoms. The van der Waals surface area contributed by atoms with E-state index in [1.165, 1.54) is 12.0 Å². The van der Waals surface area contributed by atoms with E-state index in [-0.39, 0.29) is 17.7 Å². The summed E-state index contributed by atoms with van der Waals surface area (Å²) in [7, 11) is 1.30. The van der Waals surface area contributed by atoms with E-state index in [1.54, 1.807) is 24.3 Å². The van der Waals surface area contributed by atoms with Gasteiger partial charge in [0, 0.05) is 16.6 Å². The van der Waals surface area contributed by atoms with Crippen molar-refractivity contribution in [2.75, 3.05) is 13.7 Å². The summed E-state index contributed by atoms with van der Waals surface area (Å²) >= 11 is 3.32. The molecule has 0 aliphatic carbocycles. The van der Waals surface area contributed by atoms with Crippen molar-refractivity contribution in [3.63, 3.8) is 0 Å². The third-order valence-corrected chi connectivity index (χ3v) is 4.63. The zero-order valence-electron chi connectivity index (χ0n) is 13.9. The molecule has 1 N–H and O–H groups in total. The number of likely N-dealkylation sites (tertiary alicyclic amines) is 1. The van der Waals surface area contributed by atoms with Crippen molar-refractivity contribution >= 4 is 33.7 Å². The van der Waals surface area contributed by atoms with Crippen LogP contribution in [0.25, 0.3) is 0 Å². The van der Waals surface area contributed by atoms with E-state index in [0.717, 1.165) is 4.47 Å². The molecule has 1 aromatic rings. The number of rotatable bonds is 5. The van der Waals surface area contributed by atoms with Crippen molar-refractivity contribution in [2.24, 2.45) is 5.92 Å². The zero-order chi connectivity index (χ0) is 17.9. The molecular weight excluding hydrogens is 376 g/mol. The minimum atomic E-state index is -0.686. The Morgan fingerprint density at radius 2 is 1.88 bits per heavy atom. The van der Waals surface area contributed by atoms with Crippen molar-refractivity contribution in [3.05, 3.63) is 34.3 Å². The second kappa shape index (κ2) is 7.79. The van der Waals surface area contributed by atoms with Crippen LogP contribution in [0, 0.1) is 5.92 Å². The predicted molar refractivity (Wildman–Crippen MR) is 92.4 cm³/mol. The molecule has 0 aromatic heterocycles. The molecule has 0 saturated carbocycles. The van der Waals surface area contributed by atoms with Crippen LogP contribution in [0.5, 0.6) is 0 Å². The van der Waals surface area contributed by atoms with Gasteiger partial charge < -0.3 is 15.0 Å². The number of ether oxygens (including phenoxy) is 1. The van der Waals surface area contributed by atoms with Gasteiger partial charge in [0.05, 0.1) is 7.11 Å². The Balaban J connectivity index is 2.09. The summed E-state index contributed by atoms with van der Waals surface area (Å²) in [4.78, 5) is 38.2. The van der Waals surface area contributed by atoms with Crippen LogP contribution in [0.3, 0.4) is 0 Å². The number of nitrogens with one attached hydrogen (secondary N) is 1. The molecule has 0 bridgehead atoms. The Kier molecular flexibility index (Phi) is 5.99. The van der Waals surface area contributed by atoms with Gasteiger partial charge in [0.15, 0.2) is 0 Å². The summed E-state index contributed by atoms with van der Waals surface area (Å²) in [6, 6.07) is 5.67. The lowest BCUT2D eigenvalue weighted by atomic mass is 9.96. The Hall–Kier alpha value is -1.89. The van der Waals surface area contributed by atoms with Crippen molar-refractivity contribution < 1.29 is 19.1 Å². The lowest BCUT2D eigenvalue weighted by molar-refractivity contribution is -0.161. The minimum Gasteiger partial charge on any atom is -0.467 e. The van der Waals surface area contributed by atoms with Crippen LogP contribution in [0.4, 0.5) is 0 Å². The molecule has 1 heterocycles. The molecule has 7 heteroatoms. The lowest BCUT2D eigenvalue weighted by Crippen LogP contribution is -2.61. The number of carbonyl (C=O) groups is 3. The maximum absolute atomic E-state index is 12.7. The van der Waals surface area contributed by atoms with Gasteiger partial charge in [-0.3, -0.25) is 9.59 Å². The second-order valence-corrected chi connectivity index (χ2v) is 6.98. The van der Waals surface area contributed by atoms with Gasteiger partial charge in [-0.15, -0.1) is 0 Å². The normalized spacial score (nSPS) is 17.9. The highest BCUT2D eigenvalue weighted by molar-refractivity contribution is 9.10. The maximum atomic E-state index is 12.7. The number of benzene rings is 1. The van der Waals surface area contributed by atoms with Crippen LogP contribution in [0.1, 0.15) is 30.6 Å². The average molecular weight is 397 g/mol. The molecule has 0 spiro atoms. The number of halogens is 1. The van der Waals surface area contributed by atoms with E-state index in [0.29, 0.717) is 18.5 Å². The van der Waals surface area contributed by atoms with Crippen LogP contribution >= 0.6 is 15.9 Å². The Labute approximate surface area is 149 Å². The van der Waals surface area contributed by atoms with Crippen LogP contribution in [0.15, 0.2) is 28.7 Å². The van der Waals surface area contributed by atoms with Gasteiger partial charge in [-0.2, -0.15) is 0 Å². The van der Waals surface area contributed by atoms with Crippen molar-refractivity contribution in [2.45, 2.75) is 32.4 Å². The number of amides is 2. The molecule has 1 fully saturated rings. The van der Waals surface area contributed by atoms with Crippen LogP contribution < -0.4 is 5.32 Å². The molecule has 6 nitrogen and oxygen atoms in total. The molecule has 130 valence electrons. The van der Waals surface area contributed by atoms with E-state index in [1.807, 2.05) is 13.8 Å². The van der Waals surface area contributed by atoms with E-state index >= 15 is 0 Å². The Bertz CT molecular complexity index is 630. The third kappa shape index (κ3) is 3.95. The molecule has 1 aliphatic rings. The molecule has 2 rings (SSSR count). The SMILES string of the molecule is COC(=O)[C@@H]1CCN1C(=O)[C@@H](NC(=O)c1ccc(Br)cc1)C(C)C. The van der Waals surface area contributed by atoms with Gasteiger partial charge in [0.1, 0.15) is 12.1 Å². The molecular formula is C17H21BrN2O4. The van der Waals surface area contributed by atoms with Crippen LogP contribution in [0.2, 0.25) is 0 Å². The van der Waals surface area contributed by atoms with E-state index < -0.39 is 18.1 Å². The fraction of sp³-hybridized carbons (Fsp3) is 0.471. The Morgan fingerprint density at radius 1 is 1.25 bits per heavy atom. The molecule has 0 unspecified atom stereocenters. The van der Waals surface area contributed by atoms with Gasteiger partial charge in [-0.1, -0.05) is 29.8 Å². The molecule has 2 amide bonds. The first-order valence-electron chi connectivity index (χ1n) is 7.80. The van der Waals surface area contributed by atoms with E-state index in [2.05, 4.69) is 21.2 Å².